The van der Waals surface area contributed by atoms with Crippen LogP contribution >= 0.6 is 0 Å². The predicted molar refractivity (Wildman–Crippen MR) is 392 cm³/mol. The quantitative estimate of drug-likeness (QED) is 0.122. The molecule has 0 radical (unpaired) electrons. The van der Waals surface area contributed by atoms with Crippen LogP contribution in [-0.2, 0) is 54.5 Å². The number of hydrogen-bond donors (Lipinski definition) is 0. The molecule has 482 valence electrons. The molecule has 5 aromatic heterocycles. The molecule has 5 nitrogen and oxygen atoms in total. The Morgan fingerprint density at radius 2 is 0.707 bits per heavy atom. The van der Waals surface area contributed by atoms with E-state index in [0.29, 0.717) is 50.1 Å². The molecule has 2 unspecified atom stereocenters. The summed E-state index contributed by atoms with van der Waals surface area (Å²) in [7, 11) is 8.97. The van der Waals surface area contributed by atoms with Gasteiger partial charge in [0.1, 0.15) is 35.2 Å². The molecule has 0 N–H and O–H groups in total. The van der Waals surface area contributed by atoms with E-state index in [1.165, 1.54) is 13.0 Å². The molecule has 0 aliphatic carbocycles. The molecule has 5 aromatic carbocycles. The van der Waals surface area contributed by atoms with Crippen molar-refractivity contribution in [1.29, 1.82) is 0 Å². The van der Waals surface area contributed by atoms with Crippen LogP contribution in [-0.4, -0.2) is 0 Å². The van der Waals surface area contributed by atoms with Gasteiger partial charge in [0.15, 0.2) is 31.0 Å². The lowest BCUT2D eigenvalue weighted by atomic mass is 9.95. The highest BCUT2D eigenvalue weighted by atomic mass is 14.9. The molecule has 2 atom stereocenters. The van der Waals surface area contributed by atoms with Gasteiger partial charge >= 0.3 is 0 Å². The molecule has 92 heavy (non-hydrogen) atoms. The van der Waals surface area contributed by atoms with Crippen LogP contribution in [0, 0.1) is 116 Å². The van der Waals surface area contributed by atoms with Gasteiger partial charge in [0.05, 0.1) is 0 Å². The first-order valence-corrected chi connectivity index (χ1v) is 30.3. The SMILES string of the molecule is [2H]C([2H])([2H])Cc1ccc(-c2c(C)cc(C([2H])([2H])[2H])c[n+]2C)c(C)c1.[2H]C([2H])([2H])Cc1ccc(-c2cc(C)c(C([2H])([2H])[2H])c[n+]2C)c(C)c1.[2H]C([2H])([2H])c1c[n+](C)c(-c2ccc(C([2H])(C)C([2H])([2H])[2H])cc2C)cc1C.[2H]C([2H])([2H])c1c[n+](C)c(-c2ccc(C([2H])([2H])C([2H])(C)C([2H])([2H])[2H])cc2C)cc1C.[2H]C([2H])([2H])c1ccc(-c2c(C)cc(C([2H])([2H])[2H])c[n+]2C)c(C)c1. The van der Waals surface area contributed by atoms with Crippen LogP contribution in [0.25, 0.3) is 56.3 Å². The molecule has 5 heteroatoms. The van der Waals surface area contributed by atoms with E-state index in [1.54, 1.807) is 165 Å². The third-order valence-corrected chi connectivity index (χ3v) is 16.1. The van der Waals surface area contributed by atoms with E-state index in [0.717, 1.165) is 108 Å². The third-order valence-electron chi connectivity index (χ3n) is 16.1. The molecule has 0 fully saturated rings. The highest BCUT2D eigenvalue weighted by Gasteiger charge is 2.21. The molecule has 0 aliphatic heterocycles. The van der Waals surface area contributed by atoms with Gasteiger partial charge in [-0.05, 0) is 251 Å². The zero-order valence-electron chi connectivity index (χ0n) is 90.6. The number of benzene rings is 5. The van der Waals surface area contributed by atoms with Gasteiger partial charge in [-0.1, -0.05) is 107 Å². The second-order valence-electron chi connectivity index (χ2n) is 24.0. The zero-order valence-corrected chi connectivity index (χ0v) is 56.6. The molecular weight excluding hydrogens is 1110 g/mol. The van der Waals surface area contributed by atoms with E-state index in [4.69, 9.17) is 46.6 Å². The van der Waals surface area contributed by atoms with Crippen molar-refractivity contribution in [2.45, 2.75) is 177 Å². The van der Waals surface area contributed by atoms with Crippen molar-refractivity contribution >= 4 is 0 Å². The summed E-state index contributed by atoms with van der Waals surface area (Å²) >= 11 is 0. The minimum absolute atomic E-state index is 0.0389. The summed E-state index contributed by atoms with van der Waals surface area (Å²) in [5.74, 6) is -4.02. The third kappa shape index (κ3) is 18.8. The fraction of sp³-hybridized carbons (Fsp3) is 0.368. The Morgan fingerprint density at radius 1 is 0.337 bits per heavy atom. The summed E-state index contributed by atoms with van der Waals surface area (Å²) < 4.78 is 268. The van der Waals surface area contributed by atoms with Gasteiger partial charge in [-0.2, -0.15) is 0 Å². The Hall–Kier alpha value is -8.15. The minimum Gasteiger partial charge on any atom is -0.201 e. The van der Waals surface area contributed by atoms with Crippen LogP contribution < -0.4 is 22.8 Å². The van der Waals surface area contributed by atoms with Crippen molar-refractivity contribution in [3.63, 3.8) is 0 Å². The summed E-state index contributed by atoms with van der Waals surface area (Å²) in [6, 6.07) is 35.0. The molecule has 0 saturated heterocycles. The fourth-order valence-corrected chi connectivity index (χ4v) is 11.2. The van der Waals surface area contributed by atoms with E-state index < -0.39 is 86.7 Å². The highest BCUT2D eigenvalue weighted by molar-refractivity contribution is 5.67. The molecule has 0 amide bonds. The molecule has 0 spiro atoms. The van der Waals surface area contributed by atoms with E-state index in [9.17, 15) is 0 Å². The van der Waals surface area contributed by atoms with Crippen LogP contribution in [0.1, 0.15) is 205 Å². The topological polar surface area (TPSA) is 19.4 Å². The Balaban J connectivity index is 0.000000244. The van der Waals surface area contributed by atoms with Crippen LogP contribution in [0.2, 0.25) is 0 Å². The van der Waals surface area contributed by atoms with Gasteiger partial charge in [0.25, 0.3) is 0 Å². The zero-order chi connectivity index (χ0) is 96.8. The van der Waals surface area contributed by atoms with Crippen molar-refractivity contribution < 1.29 is 69.4 Å². The summed E-state index contributed by atoms with van der Waals surface area (Å²) in [5, 5.41) is 0. The maximum atomic E-state index is 8.32. The van der Waals surface area contributed by atoms with Gasteiger partial charge < -0.3 is 0 Å². The number of hydrogen-bond acceptors (Lipinski definition) is 0. The largest absolute Gasteiger partial charge is 0.215 e. The van der Waals surface area contributed by atoms with Crippen molar-refractivity contribution in [1.82, 2.24) is 0 Å². The summed E-state index contributed by atoms with van der Waals surface area (Å²) in [6.07, 6.45) is 5.74. The summed E-state index contributed by atoms with van der Waals surface area (Å²) in [4.78, 5) is 0. The summed E-state index contributed by atoms with van der Waals surface area (Å²) in [6.45, 7) is -1.26. The molecule has 10 rings (SSSR count). The normalized spacial score (nSPS) is 19.1. The van der Waals surface area contributed by atoms with Crippen molar-refractivity contribution in [2.24, 2.45) is 41.1 Å². The molecule has 10 aromatic rings. The molecular formula is C87H114N5+5. The van der Waals surface area contributed by atoms with Gasteiger partial charge in [-0.25, -0.2) is 22.8 Å². The van der Waals surface area contributed by atoms with E-state index in [-0.39, 0.29) is 29.5 Å². The van der Waals surface area contributed by atoms with E-state index in [2.05, 4.69) is 0 Å². The number of aromatic nitrogens is 5. The first kappa shape index (κ1) is 38.1. The van der Waals surface area contributed by atoms with Gasteiger partial charge in [-0.3, -0.25) is 0 Å². The average Bonchev–Trinajstić information content (AvgIpc) is 0.746. The van der Waals surface area contributed by atoms with Crippen molar-refractivity contribution in [2.75, 3.05) is 0 Å². The van der Waals surface area contributed by atoms with E-state index in [1.807, 2.05) is 109 Å². The number of nitrogens with zero attached hydrogens (tertiary/aromatic N) is 5. The lowest BCUT2D eigenvalue weighted by Gasteiger charge is -2.11. The monoisotopic (exact) mass is 1260 g/mol. The first-order valence-electron chi connectivity index (χ1n) is 47.3. The number of pyridine rings is 5. The van der Waals surface area contributed by atoms with Gasteiger partial charge in [0.2, 0.25) is 28.5 Å². The second-order valence-corrected chi connectivity index (χ2v) is 24.0. The summed E-state index contributed by atoms with van der Waals surface area (Å²) in [5.41, 5.74) is 20.7. The average molecular weight is 1260 g/mol. The molecule has 0 saturated carbocycles. The van der Waals surface area contributed by atoms with Crippen LogP contribution in [0.4, 0.5) is 0 Å². The van der Waals surface area contributed by atoms with Crippen LogP contribution in [0.3, 0.4) is 0 Å². The Kier molecular flexibility index (Phi) is 13.4. The van der Waals surface area contributed by atoms with Crippen molar-refractivity contribution in [3.8, 4) is 56.3 Å². The van der Waals surface area contributed by atoms with Crippen LogP contribution in [0.5, 0.6) is 0 Å². The van der Waals surface area contributed by atoms with Gasteiger partial charge in [0, 0.05) is 132 Å². The lowest BCUT2D eigenvalue weighted by Crippen LogP contribution is -2.32. The van der Waals surface area contributed by atoms with E-state index >= 15 is 0 Å². The standard InChI is InChI=1S/C19H26N.C18H24N.2C17H22N.C16H20N/c1-13(2)9-17-7-8-18(15(4)10-17)19-11-14(3)16(5)12-20(19)6;1-12(2)16-7-8-17(14(4)9-16)18-10-13(3)15(5)11-19(18)6;1-6-15-7-8-16(13(3)9-15)17-10-12(2)14(4)11-18(17)5;1-6-15-7-8-16(13(3)10-15)17-14(4)9-12(2)11-18(17)5;1-11-6-7-15(13(3)8-11)16-14(4)9-12(2)10-17(16)5/h7-8,10-13H,9H2,1-6H3;7-12H,1-6H3;2*7-11H,6H2,1-5H3;6-10H,1-5H3/q5*+1/i1D3,5D3,9D2,13D;1D3,5D3,12D;1D3,4D3;2*1D3,2D3. The smallest absolute Gasteiger partial charge is 0.201 e. The number of aryl methyl sites for hydroxylation is 23. The van der Waals surface area contributed by atoms with Crippen LogP contribution in [0.15, 0.2) is 152 Å². The van der Waals surface area contributed by atoms with Gasteiger partial charge in [-0.15, -0.1) is 0 Å². The lowest BCUT2D eigenvalue weighted by molar-refractivity contribution is -0.661. The first-order chi connectivity index (χ1) is 56.7. The molecule has 5 heterocycles. The second kappa shape index (κ2) is 32.4. The highest BCUT2D eigenvalue weighted by Crippen LogP contribution is 2.30. The predicted octanol–water partition coefficient (Wildman–Crippen LogP) is 19.3. The molecule has 0 aliphatic rings. The van der Waals surface area contributed by atoms with Crippen molar-refractivity contribution in [3.05, 3.63) is 264 Å². The maximum absolute atomic E-state index is 8.32. The fourth-order valence-electron chi connectivity index (χ4n) is 11.2. The minimum atomic E-state index is -2.79. The Labute approximate surface area is 606 Å². The number of rotatable bonds is 10. The Morgan fingerprint density at radius 3 is 1.07 bits per heavy atom. The maximum Gasteiger partial charge on any atom is 0.215 e. The Bertz CT molecular complexity index is 5560. The molecule has 0 bridgehead atoms.